The summed E-state index contributed by atoms with van der Waals surface area (Å²) in [6.45, 7) is 2.51. The van der Waals surface area contributed by atoms with E-state index < -0.39 is 17.0 Å². The van der Waals surface area contributed by atoms with Gasteiger partial charge in [0.15, 0.2) is 11.5 Å². The quantitative estimate of drug-likeness (QED) is 0.382. The molecule has 0 saturated heterocycles. The predicted molar refractivity (Wildman–Crippen MR) is 125 cm³/mol. The Balaban J connectivity index is 1.90. The van der Waals surface area contributed by atoms with Crippen LogP contribution in [0.25, 0.3) is 10.9 Å². The van der Waals surface area contributed by atoms with Crippen molar-refractivity contribution < 1.29 is 24.2 Å². The Labute approximate surface area is 192 Å². The molecule has 0 aliphatic heterocycles. The Kier molecular flexibility index (Phi) is 8.32. The highest BCUT2D eigenvalue weighted by atomic mass is 16.5. The van der Waals surface area contributed by atoms with Crippen LogP contribution in [-0.4, -0.2) is 54.3 Å². The van der Waals surface area contributed by atoms with Crippen LogP contribution >= 0.6 is 0 Å². The number of rotatable bonds is 11. The molecule has 1 fully saturated rings. The molecule has 0 radical (unpaired) electrons. The Hall–Kier alpha value is -3.07. The van der Waals surface area contributed by atoms with E-state index in [0.29, 0.717) is 41.9 Å². The first kappa shape index (κ1) is 24.6. The molecule has 33 heavy (non-hydrogen) atoms. The highest BCUT2D eigenvalue weighted by molar-refractivity contribution is 6.01. The minimum Gasteiger partial charge on any atom is -0.493 e. The van der Waals surface area contributed by atoms with Gasteiger partial charge in [-0.25, -0.2) is 0 Å². The number of aliphatic hydroxyl groups excluding tert-OH is 1. The zero-order valence-electron chi connectivity index (χ0n) is 19.3. The predicted octanol–water partition coefficient (Wildman–Crippen LogP) is 2.26. The van der Waals surface area contributed by atoms with E-state index in [2.05, 4.69) is 22.5 Å². The zero-order chi connectivity index (χ0) is 23.8. The van der Waals surface area contributed by atoms with E-state index in [1.165, 1.54) is 13.2 Å². The van der Waals surface area contributed by atoms with Crippen molar-refractivity contribution in [3.8, 4) is 11.5 Å². The molecule has 180 valence electrons. The van der Waals surface area contributed by atoms with Crippen molar-refractivity contribution in [1.29, 1.82) is 0 Å². The van der Waals surface area contributed by atoms with Gasteiger partial charge in [0.25, 0.3) is 11.5 Å². The summed E-state index contributed by atoms with van der Waals surface area (Å²) >= 11 is 0. The van der Waals surface area contributed by atoms with Gasteiger partial charge in [-0.2, -0.15) is 0 Å². The van der Waals surface area contributed by atoms with Gasteiger partial charge in [0.1, 0.15) is 11.1 Å². The van der Waals surface area contributed by atoms with Crippen LogP contribution in [0.15, 0.2) is 23.0 Å². The van der Waals surface area contributed by atoms with Gasteiger partial charge in [-0.3, -0.25) is 14.4 Å². The molecule has 0 spiro atoms. The summed E-state index contributed by atoms with van der Waals surface area (Å²) in [5.41, 5.74) is -1.27. The third kappa shape index (κ3) is 5.47. The van der Waals surface area contributed by atoms with E-state index in [-0.39, 0.29) is 24.6 Å². The lowest BCUT2D eigenvalue weighted by Gasteiger charge is -2.28. The number of aliphatic hydroxyl groups is 1. The lowest BCUT2D eigenvalue weighted by atomic mass is 9.95. The van der Waals surface area contributed by atoms with Crippen molar-refractivity contribution >= 4 is 22.7 Å². The third-order valence-corrected chi connectivity index (χ3v) is 6.04. The number of aromatic amines is 1. The molecule has 0 bridgehead atoms. The number of H-pyrrole nitrogens is 1. The second-order valence-electron chi connectivity index (χ2n) is 8.35. The van der Waals surface area contributed by atoms with Crippen LogP contribution in [0.4, 0.5) is 0 Å². The number of ether oxygens (including phenoxy) is 2. The van der Waals surface area contributed by atoms with Crippen LogP contribution in [0.5, 0.6) is 11.5 Å². The molecule has 1 heterocycles. The number of benzene rings is 1. The summed E-state index contributed by atoms with van der Waals surface area (Å²) in [4.78, 5) is 41.4. The van der Waals surface area contributed by atoms with Gasteiger partial charge >= 0.3 is 0 Å². The molecule has 1 aliphatic rings. The van der Waals surface area contributed by atoms with Crippen molar-refractivity contribution in [2.24, 2.45) is 0 Å². The summed E-state index contributed by atoms with van der Waals surface area (Å²) in [5, 5.41) is 15.1. The Bertz CT molecular complexity index is 1040. The van der Waals surface area contributed by atoms with E-state index in [1.54, 1.807) is 12.1 Å². The number of pyridine rings is 1. The number of nitrogens with one attached hydrogen (secondary N) is 3. The van der Waals surface area contributed by atoms with Crippen LogP contribution in [0.1, 0.15) is 62.2 Å². The van der Waals surface area contributed by atoms with Crippen molar-refractivity contribution in [2.45, 2.75) is 57.4 Å². The Morgan fingerprint density at radius 2 is 1.97 bits per heavy atom. The van der Waals surface area contributed by atoms with Crippen LogP contribution in [0, 0.1) is 0 Å². The van der Waals surface area contributed by atoms with E-state index in [0.717, 1.165) is 32.1 Å². The van der Waals surface area contributed by atoms with Gasteiger partial charge in [0.05, 0.1) is 25.8 Å². The van der Waals surface area contributed by atoms with Crippen molar-refractivity contribution in [1.82, 2.24) is 15.6 Å². The number of carbonyl (C=O) groups excluding carboxylic acids is 2. The minimum absolute atomic E-state index is 0.0779. The Morgan fingerprint density at radius 3 is 2.64 bits per heavy atom. The third-order valence-electron chi connectivity index (χ3n) is 6.04. The first-order valence-electron chi connectivity index (χ1n) is 11.5. The lowest BCUT2D eigenvalue weighted by molar-refractivity contribution is -0.127. The van der Waals surface area contributed by atoms with Gasteiger partial charge in [-0.15, -0.1) is 0 Å². The number of carbonyl (C=O) groups is 2. The monoisotopic (exact) mass is 459 g/mol. The van der Waals surface area contributed by atoms with Gasteiger partial charge in [0, 0.05) is 11.9 Å². The van der Waals surface area contributed by atoms with Crippen molar-refractivity contribution in [2.75, 3.05) is 26.9 Å². The van der Waals surface area contributed by atoms with Crippen LogP contribution in [-0.2, 0) is 4.79 Å². The van der Waals surface area contributed by atoms with E-state index >= 15 is 0 Å². The number of hydrogen-bond donors (Lipinski definition) is 4. The smallest absolute Gasteiger partial charge is 0.261 e. The van der Waals surface area contributed by atoms with Crippen molar-refractivity contribution in [3.63, 3.8) is 0 Å². The van der Waals surface area contributed by atoms with E-state index in [9.17, 15) is 14.4 Å². The fourth-order valence-electron chi connectivity index (χ4n) is 4.24. The number of unbranched alkanes of at least 4 members (excludes halogenated alkanes) is 2. The molecule has 9 heteroatoms. The Morgan fingerprint density at radius 1 is 1.21 bits per heavy atom. The topological polar surface area (TPSA) is 130 Å². The van der Waals surface area contributed by atoms with Gasteiger partial charge < -0.3 is 30.2 Å². The number of fused-ring (bicyclic) bond motifs is 1. The largest absolute Gasteiger partial charge is 0.493 e. The molecule has 1 aromatic carbocycles. The van der Waals surface area contributed by atoms with Gasteiger partial charge in [-0.05, 0) is 37.5 Å². The van der Waals surface area contributed by atoms with E-state index in [1.807, 2.05) is 0 Å². The molecule has 3 rings (SSSR count). The summed E-state index contributed by atoms with van der Waals surface area (Å²) in [7, 11) is 1.53. The van der Waals surface area contributed by atoms with Crippen molar-refractivity contribution in [3.05, 3.63) is 34.1 Å². The number of hydrogen-bond acceptors (Lipinski definition) is 6. The average Bonchev–Trinajstić information content (AvgIpc) is 3.29. The summed E-state index contributed by atoms with van der Waals surface area (Å²) in [5.74, 6) is -0.0179. The molecule has 1 aromatic heterocycles. The molecule has 2 amide bonds. The fourth-order valence-corrected chi connectivity index (χ4v) is 4.24. The highest BCUT2D eigenvalue weighted by Gasteiger charge is 2.42. The second-order valence-corrected chi connectivity index (χ2v) is 8.35. The summed E-state index contributed by atoms with van der Waals surface area (Å²) in [6.07, 6.45) is 5.51. The second kappa shape index (κ2) is 11.2. The molecule has 2 aromatic rings. The maximum atomic E-state index is 13.1. The molecule has 1 saturated carbocycles. The highest BCUT2D eigenvalue weighted by Crippen LogP contribution is 2.34. The number of methoxy groups -OCH3 is 1. The summed E-state index contributed by atoms with van der Waals surface area (Å²) in [6, 6.07) is 4.99. The molecule has 1 aliphatic carbocycles. The average molecular weight is 460 g/mol. The lowest BCUT2D eigenvalue weighted by Crippen LogP contribution is -2.58. The molecule has 0 unspecified atom stereocenters. The number of amides is 2. The zero-order valence-corrected chi connectivity index (χ0v) is 19.3. The normalized spacial score (nSPS) is 14.8. The maximum absolute atomic E-state index is 13.1. The van der Waals surface area contributed by atoms with Crippen LogP contribution < -0.4 is 25.7 Å². The molecule has 9 nitrogen and oxygen atoms in total. The van der Waals surface area contributed by atoms with E-state index in [4.69, 9.17) is 14.6 Å². The fraction of sp³-hybridized carbons (Fsp3) is 0.542. The van der Waals surface area contributed by atoms with Crippen LogP contribution in [0.3, 0.4) is 0 Å². The maximum Gasteiger partial charge on any atom is 0.261 e. The minimum atomic E-state index is -1.08. The van der Waals surface area contributed by atoms with Crippen LogP contribution in [0.2, 0.25) is 0 Å². The number of aromatic nitrogens is 1. The SMILES string of the molecule is CCCCCOc1c(OC)ccc2cc(C(=O)NC3(C(=O)NCCO)CCCC3)c(=O)[nH]c12. The summed E-state index contributed by atoms with van der Waals surface area (Å²) < 4.78 is 11.3. The molecular weight excluding hydrogens is 426 g/mol. The standard InChI is InChI=1S/C24H33N3O6/c1-3-4-7-14-33-20-18(32-2)9-8-16-15-17(21(29)26-19(16)20)22(30)27-24(10-5-6-11-24)23(31)25-12-13-28/h8-9,15,28H,3-7,10-14H2,1-2H3,(H,25,31)(H,26,29)(H,27,30). The van der Waals surface area contributed by atoms with Gasteiger partial charge in [-0.1, -0.05) is 32.6 Å². The van der Waals surface area contributed by atoms with Gasteiger partial charge in [0.2, 0.25) is 5.91 Å². The molecule has 0 atom stereocenters. The molecular formula is C24H33N3O6. The molecule has 4 N–H and O–H groups in total. The first-order chi connectivity index (χ1) is 16.0. The first-order valence-corrected chi connectivity index (χ1v) is 11.5.